The number of hydrogen-bond acceptors (Lipinski definition) is 3. The summed E-state index contributed by atoms with van der Waals surface area (Å²) in [6.07, 6.45) is 0. The van der Waals surface area contributed by atoms with Gasteiger partial charge in [0.25, 0.3) is 0 Å². The van der Waals surface area contributed by atoms with Gasteiger partial charge in [0.2, 0.25) is 5.91 Å². The minimum Gasteiger partial charge on any atom is -0.478 e. The Morgan fingerprint density at radius 1 is 1.37 bits per heavy atom. The van der Waals surface area contributed by atoms with E-state index in [1.807, 2.05) is 6.92 Å². The molecule has 1 aromatic rings. The Morgan fingerprint density at radius 2 is 2.00 bits per heavy atom. The third-order valence-corrected chi connectivity index (χ3v) is 3.07. The van der Waals surface area contributed by atoms with Gasteiger partial charge in [-0.15, -0.1) is 0 Å². The Balaban J connectivity index is 2.67. The van der Waals surface area contributed by atoms with Crippen LogP contribution in [0.3, 0.4) is 0 Å². The molecule has 2 N–H and O–H groups in total. The lowest BCUT2D eigenvalue weighted by Crippen LogP contribution is -2.42. The molecule has 0 saturated heterocycles. The Labute approximate surface area is 113 Å². The number of carboxylic acid groups (broad SMARTS) is 1. The standard InChI is InChI=1S/C14H20N2O3/c1-4-16(3)13(17)10(2)15-9-11-7-5-6-8-12(11)14(18)19/h5-8,10,15H,4,9H2,1-3H3,(H,18,19). The van der Waals surface area contributed by atoms with Crippen molar-refractivity contribution in [3.63, 3.8) is 0 Å². The lowest BCUT2D eigenvalue weighted by molar-refractivity contribution is -0.131. The number of amides is 1. The van der Waals surface area contributed by atoms with Gasteiger partial charge in [-0.1, -0.05) is 18.2 Å². The molecule has 5 nitrogen and oxygen atoms in total. The summed E-state index contributed by atoms with van der Waals surface area (Å²) in [5.74, 6) is -0.961. The van der Waals surface area contributed by atoms with Crippen molar-refractivity contribution in [2.75, 3.05) is 13.6 Å². The average Bonchev–Trinajstić information content (AvgIpc) is 2.43. The van der Waals surface area contributed by atoms with Crippen LogP contribution in [0.5, 0.6) is 0 Å². The number of nitrogens with zero attached hydrogens (tertiary/aromatic N) is 1. The number of rotatable bonds is 6. The molecule has 0 heterocycles. The maximum atomic E-state index is 11.9. The highest BCUT2D eigenvalue weighted by Gasteiger charge is 2.16. The molecule has 1 atom stereocenters. The summed E-state index contributed by atoms with van der Waals surface area (Å²) >= 11 is 0. The van der Waals surface area contributed by atoms with Gasteiger partial charge in [-0.3, -0.25) is 4.79 Å². The maximum Gasteiger partial charge on any atom is 0.336 e. The van der Waals surface area contributed by atoms with Gasteiger partial charge in [0.05, 0.1) is 11.6 Å². The van der Waals surface area contributed by atoms with E-state index < -0.39 is 5.97 Å². The van der Waals surface area contributed by atoms with Crippen molar-refractivity contribution in [3.8, 4) is 0 Å². The van der Waals surface area contributed by atoms with Crippen LogP contribution >= 0.6 is 0 Å². The fourth-order valence-corrected chi connectivity index (χ4v) is 1.72. The van der Waals surface area contributed by atoms with E-state index in [0.717, 1.165) is 0 Å². The Kier molecular flexibility index (Phi) is 5.51. The van der Waals surface area contributed by atoms with Gasteiger partial charge in [-0.05, 0) is 25.5 Å². The number of carbonyl (C=O) groups excluding carboxylic acids is 1. The van der Waals surface area contributed by atoms with E-state index >= 15 is 0 Å². The average molecular weight is 264 g/mol. The van der Waals surface area contributed by atoms with E-state index in [1.165, 1.54) is 0 Å². The van der Waals surface area contributed by atoms with Crippen LogP contribution in [0.1, 0.15) is 29.8 Å². The number of likely N-dealkylation sites (N-methyl/N-ethyl adjacent to an activating group) is 1. The fourth-order valence-electron chi connectivity index (χ4n) is 1.72. The van der Waals surface area contributed by atoms with Crippen molar-refractivity contribution in [1.82, 2.24) is 10.2 Å². The van der Waals surface area contributed by atoms with Gasteiger partial charge < -0.3 is 15.3 Å². The summed E-state index contributed by atoms with van der Waals surface area (Å²) < 4.78 is 0. The molecule has 0 saturated carbocycles. The smallest absolute Gasteiger partial charge is 0.336 e. The van der Waals surface area contributed by atoms with Crippen LogP contribution in [0.2, 0.25) is 0 Å². The largest absolute Gasteiger partial charge is 0.478 e. The minimum absolute atomic E-state index is 0.00435. The van der Waals surface area contributed by atoms with Crippen molar-refractivity contribution < 1.29 is 14.7 Å². The molecule has 0 aliphatic heterocycles. The minimum atomic E-state index is -0.956. The number of carboxylic acids is 1. The van der Waals surface area contributed by atoms with Crippen LogP contribution in [0, 0.1) is 0 Å². The number of hydrogen-bond donors (Lipinski definition) is 2. The predicted molar refractivity (Wildman–Crippen MR) is 73.0 cm³/mol. The van der Waals surface area contributed by atoms with E-state index in [0.29, 0.717) is 18.7 Å². The van der Waals surface area contributed by atoms with E-state index in [9.17, 15) is 9.59 Å². The fraction of sp³-hybridized carbons (Fsp3) is 0.429. The Hall–Kier alpha value is -1.88. The lowest BCUT2D eigenvalue weighted by Gasteiger charge is -2.20. The first kappa shape index (κ1) is 15.2. The van der Waals surface area contributed by atoms with Crippen molar-refractivity contribution in [2.24, 2.45) is 0 Å². The zero-order valence-electron chi connectivity index (χ0n) is 11.5. The molecule has 1 unspecified atom stereocenters. The molecule has 0 fully saturated rings. The highest BCUT2D eigenvalue weighted by atomic mass is 16.4. The number of carbonyl (C=O) groups is 2. The summed E-state index contributed by atoms with van der Waals surface area (Å²) in [6.45, 7) is 4.69. The molecule has 1 amide bonds. The molecule has 0 radical (unpaired) electrons. The van der Waals surface area contributed by atoms with Gasteiger partial charge in [0, 0.05) is 20.1 Å². The van der Waals surface area contributed by atoms with Crippen LogP contribution in [0.15, 0.2) is 24.3 Å². The van der Waals surface area contributed by atoms with Crippen molar-refractivity contribution in [3.05, 3.63) is 35.4 Å². The maximum absolute atomic E-state index is 11.9. The van der Waals surface area contributed by atoms with Gasteiger partial charge in [-0.2, -0.15) is 0 Å². The molecule has 1 aromatic carbocycles. The molecule has 5 heteroatoms. The van der Waals surface area contributed by atoms with E-state index in [-0.39, 0.29) is 17.5 Å². The van der Waals surface area contributed by atoms with E-state index in [1.54, 1.807) is 43.1 Å². The highest BCUT2D eigenvalue weighted by molar-refractivity contribution is 5.89. The monoisotopic (exact) mass is 264 g/mol. The molecule has 0 aliphatic rings. The summed E-state index contributed by atoms with van der Waals surface area (Å²) in [7, 11) is 1.74. The predicted octanol–water partition coefficient (Wildman–Crippen LogP) is 1.34. The summed E-state index contributed by atoms with van der Waals surface area (Å²) in [4.78, 5) is 24.5. The number of nitrogens with one attached hydrogen (secondary N) is 1. The van der Waals surface area contributed by atoms with Crippen LogP contribution in [0.4, 0.5) is 0 Å². The molecule has 0 aromatic heterocycles. The second-order valence-corrected chi connectivity index (χ2v) is 4.42. The zero-order valence-corrected chi connectivity index (χ0v) is 11.5. The first-order valence-corrected chi connectivity index (χ1v) is 6.27. The van der Waals surface area contributed by atoms with Gasteiger partial charge in [-0.25, -0.2) is 4.79 Å². The SMILES string of the molecule is CCN(C)C(=O)C(C)NCc1ccccc1C(=O)O. The normalized spacial score (nSPS) is 11.9. The van der Waals surface area contributed by atoms with Crippen LogP contribution in [-0.4, -0.2) is 41.5 Å². The molecular formula is C14H20N2O3. The molecule has 1 rings (SSSR count). The van der Waals surface area contributed by atoms with Crippen LogP contribution in [-0.2, 0) is 11.3 Å². The zero-order chi connectivity index (χ0) is 14.4. The molecule has 0 aliphatic carbocycles. The molecule has 0 spiro atoms. The lowest BCUT2D eigenvalue weighted by atomic mass is 10.1. The summed E-state index contributed by atoms with van der Waals surface area (Å²) in [5.41, 5.74) is 0.937. The molecule has 0 bridgehead atoms. The number of aromatic carboxylic acids is 1. The van der Waals surface area contributed by atoms with Gasteiger partial charge in [0.15, 0.2) is 0 Å². The van der Waals surface area contributed by atoms with Crippen LogP contribution < -0.4 is 5.32 Å². The first-order valence-electron chi connectivity index (χ1n) is 6.27. The van der Waals surface area contributed by atoms with Crippen LogP contribution in [0.25, 0.3) is 0 Å². The van der Waals surface area contributed by atoms with Gasteiger partial charge >= 0.3 is 5.97 Å². The Bertz CT molecular complexity index is 460. The molecule has 19 heavy (non-hydrogen) atoms. The molecule has 104 valence electrons. The third-order valence-electron chi connectivity index (χ3n) is 3.07. The van der Waals surface area contributed by atoms with E-state index in [2.05, 4.69) is 5.32 Å². The number of benzene rings is 1. The van der Waals surface area contributed by atoms with E-state index in [4.69, 9.17) is 5.11 Å². The summed E-state index contributed by atoms with van der Waals surface area (Å²) in [6, 6.07) is 6.44. The molecular weight excluding hydrogens is 244 g/mol. The summed E-state index contributed by atoms with van der Waals surface area (Å²) in [5, 5.41) is 12.1. The van der Waals surface area contributed by atoms with Gasteiger partial charge in [0.1, 0.15) is 0 Å². The third kappa shape index (κ3) is 4.06. The Morgan fingerprint density at radius 3 is 2.58 bits per heavy atom. The second-order valence-electron chi connectivity index (χ2n) is 4.42. The van der Waals surface area contributed by atoms with Crippen molar-refractivity contribution in [2.45, 2.75) is 26.4 Å². The topological polar surface area (TPSA) is 69.6 Å². The van der Waals surface area contributed by atoms with Crippen molar-refractivity contribution in [1.29, 1.82) is 0 Å². The highest BCUT2D eigenvalue weighted by Crippen LogP contribution is 2.08. The first-order chi connectivity index (χ1) is 8.97. The van der Waals surface area contributed by atoms with Crippen molar-refractivity contribution >= 4 is 11.9 Å². The quantitative estimate of drug-likeness (QED) is 0.813. The second kappa shape index (κ2) is 6.89.